The summed E-state index contributed by atoms with van der Waals surface area (Å²) < 4.78 is 5.66. The minimum atomic E-state index is 0.272. The average Bonchev–Trinajstić information content (AvgIpc) is 2.43. The van der Waals surface area contributed by atoms with Gasteiger partial charge in [-0.3, -0.25) is 4.98 Å². The highest BCUT2D eigenvalue weighted by molar-refractivity contribution is 7.80. The largest absolute Gasteiger partial charge is 0.476 e. The second-order valence-corrected chi connectivity index (χ2v) is 4.81. The van der Waals surface area contributed by atoms with Crippen LogP contribution in [0.25, 0.3) is 0 Å². The van der Waals surface area contributed by atoms with Crippen LogP contribution in [0, 0.1) is 13.8 Å². The Labute approximate surface area is 123 Å². The van der Waals surface area contributed by atoms with E-state index in [-0.39, 0.29) is 4.99 Å². The highest BCUT2D eigenvalue weighted by Crippen LogP contribution is 2.20. The van der Waals surface area contributed by atoms with E-state index in [1.807, 2.05) is 32.0 Å². The third-order valence-corrected chi connectivity index (χ3v) is 3.20. The van der Waals surface area contributed by atoms with E-state index in [9.17, 15) is 0 Å². The quantitative estimate of drug-likeness (QED) is 0.845. The molecular weight excluding hydrogens is 272 g/mol. The number of ether oxygens (including phenoxy) is 1. The summed E-state index contributed by atoms with van der Waals surface area (Å²) in [7, 11) is 0. The molecule has 2 N–H and O–H groups in total. The van der Waals surface area contributed by atoms with Gasteiger partial charge in [-0.05, 0) is 31.5 Å². The van der Waals surface area contributed by atoms with Gasteiger partial charge in [0.1, 0.15) is 4.99 Å². The number of hydrogen-bond donors (Lipinski definition) is 1. The lowest BCUT2D eigenvalue weighted by Crippen LogP contribution is -2.17. The van der Waals surface area contributed by atoms with E-state index < -0.39 is 0 Å². The molecule has 104 valence electrons. The lowest BCUT2D eigenvalue weighted by atomic mass is 10.1. The van der Waals surface area contributed by atoms with Gasteiger partial charge >= 0.3 is 0 Å². The molecule has 2 rings (SSSR count). The van der Waals surface area contributed by atoms with Gasteiger partial charge in [0.15, 0.2) is 0 Å². The maximum Gasteiger partial charge on any atom is 0.244 e. The monoisotopic (exact) mass is 288 g/mol. The molecule has 2 heterocycles. The van der Waals surface area contributed by atoms with Crippen molar-refractivity contribution in [2.24, 2.45) is 5.73 Å². The molecule has 0 aliphatic heterocycles. The zero-order chi connectivity index (χ0) is 14.5. The molecule has 6 heteroatoms. The molecule has 0 fully saturated rings. The molecule has 0 bridgehead atoms. The van der Waals surface area contributed by atoms with E-state index in [2.05, 4.69) is 15.2 Å². The summed E-state index contributed by atoms with van der Waals surface area (Å²) in [5, 5.41) is 8.07. The number of nitrogens with zero attached hydrogens (tertiary/aromatic N) is 3. The Morgan fingerprint density at radius 3 is 2.75 bits per heavy atom. The Hall–Kier alpha value is -2.08. The van der Waals surface area contributed by atoms with Crippen LogP contribution in [0.3, 0.4) is 0 Å². The molecule has 0 radical (unpaired) electrons. The van der Waals surface area contributed by atoms with E-state index in [1.54, 1.807) is 6.20 Å². The summed E-state index contributed by atoms with van der Waals surface area (Å²) in [5.41, 5.74) is 9.06. The van der Waals surface area contributed by atoms with Gasteiger partial charge in [-0.25, -0.2) is 0 Å². The predicted molar refractivity (Wildman–Crippen MR) is 80.8 cm³/mol. The molecule has 20 heavy (non-hydrogen) atoms. The van der Waals surface area contributed by atoms with Gasteiger partial charge in [-0.1, -0.05) is 18.3 Å². The van der Waals surface area contributed by atoms with Crippen molar-refractivity contribution in [3.63, 3.8) is 0 Å². The number of rotatable bonds is 5. The summed E-state index contributed by atoms with van der Waals surface area (Å²) in [6, 6.07) is 5.77. The van der Waals surface area contributed by atoms with Crippen molar-refractivity contribution in [3.05, 3.63) is 46.9 Å². The number of thiocarbonyl (C=S) groups is 1. The maximum atomic E-state index is 5.74. The second-order valence-electron chi connectivity index (χ2n) is 4.37. The molecule has 0 aromatic carbocycles. The van der Waals surface area contributed by atoms with Crippen molar-refractivity contribution in [1.29, 1.82) is 0 Å². The number of hydrogen-bond acceptors (Lipinski definition) is 5. The Balaban J connectivity index is 2.10. The van der Waals surface area contributed by atoms with Crippen LogP contribution in [0.15, 0.2) is 24.4 Å². The zero-order valence-electron chi connectivity index (χ0n) is 11.5. The normalized spacial score (nSPS) is 10.3. The van der Waals surface area contributed by atoms with Gasteiger partial charge in [-0.15, -0.1) is 5.10 Å². The van der Waals surface area contributed by atoms with Crippen molar-refractivity contribution in [2.45, 2.75) is 20.3 Å². The number of aromatic nitrogens is 3. The summed E-state index contributed by atoms with van der Waals surface area (Å²) in [6.07, 6.45) is 2.44. The maximum absolute atomic E-state index is 5.74. The second kappa shape index (κ2) is 6.38. The highest BCUT2D eigenvalue weighted by atomic mass is 32.1. The molecule has 5 nitrogen and oxygen atoms in total. The number of aryl methyl sites for hydroxylation is 1. The third kappa shape index (κ3) is 3.27. The van der Waals surface area contributed by atoms with Gasteiger partial charge in [0.25, 0.3) is 0 Å². The van der Waals surface area contributed by atoms with Crippen molar-refractivity contribution in [3.8, 4) is 5.88 Å². The summed E-state index contributed by atoms with van der Waals surface area (Å²) >= 11 is 5.06. The fourth-order valence-corrected chi connectivity index (χ4v) is 2.02. The first kappa shape index (κ1) is 14.3. The van der Waals surface area contributed by atoms with E-state index in [0.717, 1.165) is 17.0 Å². The van der Waals surface area contributed by atoms with E-state index >= 15 is 0 Å². The molecule has 2 aromatic heterocycles. The standard InChI is InChI=1S/C14H16N4OS/c1-9-10(2)17-18-14(12(9)13(15)20)19-8-6-11-5-3-4-7-16-11/h3-5,7H,6,8H2,1-2H3,(H2,15,20). The molecule has 0 saturated heterocycles. The van der Waals surface area contributed by atoms with Crippen LogP contribution in [-0.4, -0.2) is 26.8 Å². The van der Waals surface area contributed by atoms with E-state index in [1.165, 1.54) is 0 Å². The van der Waals surface area contributed by atoms with Crippen molar-refractivity contribution < 1.29 is 4.74 Å². The first-order valence-electron chi connectivity index (χ1n) is 6.26. The molecular formula is C14H16N4OS. The Morgan fingerprint density at radius 1 is 1.30 bits per heavy atom. The fourth-order valence-electron chi connectivity index (χ4n) is 1.78. The fraction of sp³-hybridized carbons (Fsp3) is 0.286. The molecule has 2 aromatic rings. The van der Waals surface area contributed by atoms with Gasteiger partial charge in [-0.2, -0.15) is 5.10 Å². The van der Waals surface area contributed by atoms with Crippen LogP contribution in [0.4, 0.5) is 0 Å². The lowest BCUT2D eigenvalue weighted by Gasteiger charge is -2.12. The topological polar surface area (TPSA) is 73.9 Å². The number of pyridine rings is 1. The molecule has 0 atom stereocenters. The minimum Gasteiger partial charge on any atom is -0.476 e. The molecule has 0 saturated carbocycles. The number of nitrogens with two attached hydrogens (primary N) is 1. The Bertz CT molecular complexity index is 616. The highest BCUT2D eigenvalue weighted by Gasteiger charge is 2.14. The van der Waals surface area contributed by atoms with Crippen molar-refractivity contribution in [1.82, 2.24) is 15.2 Å². The molecule has 0 spiro atoms. The van der Waals surface area contributed by atoms with Gasteiger partial charge in [0, 0.05) is 18.3 Å². The Morgan fingerprint density at radius 2 is 2.10 bits per heavy atom. The zero-order valence-corrected chi connectivity index (χ0v) is 12.3. The predicted octanol–water partition coefficient (Wildman–Crippen LogP) is 1.74. The molecule has 0 aliphatic carbocycles. The van der Waals surface area contributed by atoms with Crippen molar-refractivity contribution in [2.75, 3.05) is 6.61 Å². The van der Waals surface area contributed by atoms with Gasteiger partial charge in [0.2, 0.25) is 5.88 Å². The molecule has 0 aliphatic rings. The van der Waals surface area contributed by atoms with Crippen LogP contribution in [0.2, 0.25) is 0 Å². The third-order valence-electron chi connectivity index (χ3n) is 2.99. The van der Waals surface area contributed by atoms with Crippen LogP contribution >= 0.6 is 12.2 Å². The minimum absolute atomic E-state index is 0.272. The summed E-state index contributed by atoms with van der Waals surface area (Å²) in [6.45, 7) is 4.22. The van der Waals surface area contributed by atoms with E-state index in [0.29, 0.717) is 24.5 Å². The lowest BCUT2D eigenvalue weighted by molar-refractivity contribution is 0.303. The first-order valence-corrected chi connectivity index (χ1v) is 6.67. The van der Waals surface area contributed by atoms with Crippen LogP contribution in [0.5, 0.6) is 5.88 Å². The SMILES string of the molecule is Cc1nnc(OCCc2ccccn2)c(C(N)=S)c1C. The van der Waals surface area contributed by atoms with Crippen LogP contribution in [0.1, 0.15) is 22.5 Å². The summed E-state index contributed by atoms with van der Waals surface area (Å²) in [5.74, 6) is 0.386. The molecule has 0 amide bonds. The van der Waals surface area contributed by atoms with Gasteiger partial charge in [0.05, 0.1) is 17.9 Å². The first-order chi connectivity index (χ1) is 9.59. The van der Waals surface area contributed by atoms with Crippen molar-refractivity contribution >= 4 is 17.2 Å². The van der Waals surface area contributed by atoms with Crippen LogP contribution < -0.4 is 10.5 Å². The van der Waals surface area contributed by atoms with Crippen LogP contribution in [-0.2, 0) is 6.42 Å². The Kier molecular flexibility index (Phi) is 4.57. The molecule has 0 unspecified atom stereocenters. The van der Waals surface area contributed by atoms with Gasteiger partial charge < -0.3 is 10.5 Å². The van der Waals surface area contributed by atoms with E-state index in [4.69, 9.17) is 22.7 Å². The summed E-state index contributed by atoms with van der Waals surface area (Å²) in [4.78, 5) is 4.50. The average molecular weight is 288 g/mol. The smallest absolute Gasteiger partial charge is 0.244 e.